The van der Waals surface area contributed by atoms with E-state index in [9.17, 15) is 4.79 Å². The van der Waals surface area contributed by atoms with Crippen molar-refractivity contribution in [1.29, 1.82) is 0 Å². The van der Waals surface area contributed by atoms with E-state index in [4.69, 9.17) is 0 Å². The third-order valence-corrected chi connectivity index (χ3v) is 4.17. The van der Waals surface area contributed by atoms with Gasteiger partial charge in [0.2, 0.25) is 0 Å². The van der Waals surface area contributed by atoms with E-state index in [-0.39, 0.29) is 5.56 Å². The molecule has 2 heterocycles. The molecule has 0 saturated heterocycles. The van der Waals surface area contributed by atoms with Crippen molar-refractivity contribution in [2.45, 2.75) is 33.9 Å². The molecule has 0 aromatic carbocycles. The maximum Gasteiger partial charge on any atom is 0.283 e. The topological polar surface area (TPSA) is 64.7 Å². The van der Waals surface area contributed by atoms with Crippen LogP contribution in [0.3, 0.4) is 0 Å². The van der Waals surface area contributed by atoms with Gasteiger partial charge in [-0.05, 0) is 36.7 Å². The minimum Gasteiger partial charge on any atom is -0.378 e. The fraction of sp³-hybridized carbons (Fsp3) is 0.462. The Morgan fingerprint density at radius 1 is 1.40 bits per heavy atom. The minimum absolute atomic E-state index is 0.128. The van der Waals surface area contributed by atoms with Gasteiger partial charge in [-0.15, -0.1) is 0 Å². The van der Waals surface area contributed by atoms with E-state index in [1.54, 1.807) is 6.20 Å². The average molecular weight is 340 g/mol. The number of nitrogens with zero attached hydrogens (tertiary/aromatic N) is 4. The molecule has 7 heteroatoms. The SMILES string of the molecule is CCn1ncc(NCc2c(C)nn(C)c2C)c(Br)c1=O. The highest BCUT2D eigenvalue weighted by Gasteiger charge is 2.11. The third kappa shape index (κ3) is 2.63. The van der Waals surface area contributed by atoms with Gasteiger partial charge >= 0.3 is 0 Å². The van der Waals surface area contributed by atoms with Crippen LogP contribution in [0.25, 0.3) is 0 Å². The molecule has 20 heavy (non-hydrogen) atoms. The lowest BCUT2D eigenvalue weighted by Crippen LogP contribution is -2.23. The molecule has 0 aliphatic carbocycles. The predicted molar refractivity (Wildman–Crippen MR) is 81.9 cm³/mol. The second-order valence-corrected chi connectivity index (χ2v) is 5.41. The van der Waals surface area contributed by atoms with Crippen molar-refractivity contribution in [2.75, 3.05) is 5.32 Å². The molecule has 0 aliphatic rings. The Labute approximate surface area is 125 Å². The summed E-state index contributed by atoms with van der Waals surface area (Å²) in [5.41, 5.74) is 3.81. The molecular formula is C13H18BrN5O. The highest BCUT2D eigenvalue weighted by atomic mass is 79.9. The van der Waals surface area contributed by atoms with Gasteiger partial charge in [-0.1, -0.05) is 0 Å². The maximum absolute atomic E-state index is 12.0. The van der Waals surface area contributed by atoms with Crippen LogP contribution < -0.4 is 10.9 Å². The second-order valence-electron chi connectivity index (χ2n) is 4.62. The van der Waals surface area contributed by atoms with Gasteiger partial charge < -0.3 is 5.32 Å². The van der Waals surface area contributed by atoms with E-state index in [0.29, 0.717) is 23.2 Å². The molecule has 0 radical (unpaired) electrons. The molecule has 0 bridgehead atoms. The average Bonchev–Trinajstić information content (AvgIpc) is 2.66. The van der Waals surface area contributed by atoms with E-state index in [0.717, 1.165) is 17.0 Å². The first-order chi connectivity index (χ1) is 9.45. The summed E-state index contributed by atoms with van der Waals surface area (Å²) in [4.78, 5) is 12.0. The van der Waals surface area contributed by atoms with Crippen LogP contribution in [0.15, 0.2) is 15.5 Å². The van der Waals surface area contributed by atoms with Crippen molar-refractivity contribution in [3.63, 3.8) is 0 Å². The largest absolute Gasteiger partial charge is 0.378 e. The standard InChI is InChI=1S/C13H18BrN5O/c1-5-19-13(20)12(14)11(7-16-19)15-6-10-8(2)17-18(4)9(10)3/h7,15H,5-6H2,1-4H3. The Hall–Kier alpha value is -1.63. The zero-order chi connectivity index (χ0) is 14.9. The first kappa shape index (κ1) is 14.8. The quantitative estimate of drug-likeness (QED) is 0.925. The Kier molecular flexibility index (Phi) is 4.27. The molecule has 0 saturated carbocycles. The van der Waals surface area contributed by atoms with Gasteiger partial charge in [0, 0.05) is 31.4 Å². The van der Waals surface area contributed by atoms with Gasteiger partial charge in [0.1, 0.15) is 4.47 Å². The number of aryl methyl sites for hydroxylation is 3. The number of hydrogen-bond acceptors (Lipinski definition) is 4. The summed E-state index contributed by atoms with van der Waals surface area (Å²) in [7, 11) is 1.92. The van der Waals surface area contributed by atoms with Crippen molar-refractivity contribution in [2.24, 2.45) is 7.05 Å². The molecule has 108 valence electrons. The van der Waals surface area contributed by atoms with Gasteiger partial charge in [-0.2, -0.15) is 10.2 Å². The number of nitrogens with one attached hydrogen (secondary N) is 1. The van der Waals surface area contributed by atoms with Crippen LogP contribution in [0, 0.1) is 13.8 Å². The van der Waals surface area contributed by atoms with Crippen molar-refractivity contribution in [3.05, 3.63) is 38.0 Å². The van der Waals surface area contributed by atoms with Crippen LogP contribution in [-0.2, 0) is 20.1 Å². The van der Waals surface area contributed by atoms with Crippen LogP contribution in [0.4, 0.5) is 5.69 Å². The summed E-state index contributed by atoms with van der Waals surface area (Å²) in [5.74, 6) is 0. The smallest absolute Gasteiger partial charge is 0.283 e. The predicted octanol–water partition coefficient (Wildman–Crippen LogP) is 1.99. The third-order valence-electron chi connectivity index (χ3n) is 3.40. The van der Waals surface area contributed by atoms with Crippen LogP contribution in [0.5, 0.6) is 0 Å². The normalized spacial score (nSPS) is 10.8. The van der Waals surface area contributed by atoms with Crippen LogP contribution in [-0.4, -0.2) is 19.6 Å². The summed E-state index contributed by atoms with van der Waals surface area (Å²) >= 11 is 3.33. The van der Waals surface area contributed by atoms with Crippen LogP contribution in [0.1, 0.15) is 23.9 Å². The maximum atomic E-state index is 12.0. The fourth-order valence-corrected chi connectivity index (χ4v) is 2.52. The van der Waals surface area contributed by atoms with E-state index in [1.807, 2.05) is 32.5 Å². The molecule has 0 unspecified atom stereocenters. The number of aromatic nitrogens is 4. The molecule has 0 spiro atoms. The van der Waals surface area contributed by atoms with Crippen LogP contribution in [0.2, 0.25) is 0 Å². The van der Waals surface area contributed by atoms with Crippen molar-refractivity contribution in [1.82, 2.24) is 19.6 Å². The molecule has 2 rings (SSSR count). The van der Waals surface area contributed by atoms with E-state index < -0.39 is 0 Å². The summed E-state index contributed by atoms with van der Waals surface area (Å²) < 4.78 is 3.78. The van der Waals surface area contributed by atoms with Crippen molar-refractivity contribution in [3.8, 4) is 0 Å². The molecule has 2 aromatic rings. The molecule has 6 nitrogen and oxygen atoms in total. The lowest BCUT2D eigenvalue weighted by atomic mass is 10.2. The number of anilines is 1. The summed E-state index contributed by atoms with van der Waals surface area (Å²) in [6.45, 7) is 7.06. The van der Waals surface area contributed by atoms with E-state index in [2.05, 4.69) is 31.4 Å². The zero-order valence-corrected chi connectivity index (χ0v) is 13.7. The Bertz CT molecular complexity index is 689. The second kappa shape index (κ2) is 5.78. The van der Waals surface area contributed by atoms with E-state index in [1.165, 1.54) is 4.68 Å². The zero-order valence-electron chi connectivity index (χ0n) is 12.1. The number of hydrogen-bond donors (Lipinski definition) is 1. The molecule has 1 N–H and O–H groups in total. The van der Waals surface area contributed by atoms with Crippen molar-refractivity contribution >= 4 is 21.6 Å². The first-order valence-electron chi connectivity index (χ1n) is 6.44. The summed E-state index contributed by atoms with van der Waals surface area (Å²) in [6.07, 6.45) is 1.66. The van der Waals surface area contributed by atoms with Gasteiger partial charge in [0.05, 0.1) is 17.6 Å². The Balaban J connectivity index is 2.24. The van der Waals surface area contributed by atoms with Crippen molar-refractivity contribution < 1.29 is 0 Å². The highest BCUT2D eigenvalue weighted by molar-refractivity contribution is 9.10. The number of halogens is 1. The fourth-order valence-electron chi connectivity index (χ4n) is 2.07. The molecule has 0 aliphatic heterocycles. The Morgan fingerprint density at radius 3 is 2.65 bits per heavy atom. The Morgan fingerprint density at radius 2 is 2.10 bits per heavy atom. The monoisotopic (exact) mass is 339 g/mol. The van der Waals surface area contributed by atoms with Crippen LogP contribution >= 0.6 is 15.9 Å². The number of rotatable bonds is 4. The van der Waals surface area contributed by atoms with Gasteiger partial charge in [-0.3, -0.25) is 9.48 Å². The molecule has 0 amide bonds. The van der Waals surface area contributed by atoms with Gasteiger partial charge in [0.15, 0.2) is 0 Å². The first-order valence-corrected chi connectivity index (χ1v) is 7.23. The van der Waals surface area contributed by atoms with Gasteiger partial charge in [0.25, 0.3) is 5.56 Å². The minimum atomic E-state index is -0.128. The summed E-state index contributed by atoms with van der Waals surface area (Å²) in [6, 6.07) is 0. The molecule has 0 fully saturated rings. The molecular weight excluding hydrogens is 322 g/mol. The van der Waals surface area contributed by atoms with Gasteiger partial charge in [-0.25, -0.2) is 4.68 Å². The van der Waals surface area contributed by atoms with E-state index >= 15 is 0 Å². The highest BCUT2D eigenvalue weighted by Crippen LogP contribution is 2.19. The lowest BCUT2D eigenvalue weighted by Gasteiger charge is -2.10. The molecule has 2 aromatic heterocycles. The summed E-state index contributed by atoms with van der Waals surface area (Å²) in [5, 5.41) is 11.7. The lowest BCUT2D eigenvalue weighted by molar-refractivity contribution is 0.613. The molecule has 0 atom stereocenters.